The molecular formula is C25H27ClF2N4O4S. The van der Waals surface area contributed by atoms with Gasteiger partial charge in [0.05, 0.1) is 24.7 Å². The molecule has 1 aliphatic rings. The highest BCUT2D eigenvalue weighted by atomic mass is 35.5. The molecule has 12 heteroatoms. The van der Waals surface area contributed by atoms with Crippen LogP contribution in [0.25, 0.3) is 5.69 Å². The number of anilines is 1. The molecule has 0 amide bonds. The van der Waals surface area contributed by atoms with Crippen molar-refractivity contribution in [2.45, 2.75) is 19.3 Å². The zero-order valence-electron chi connectivity index (χ0n) is 20.6. The Morgan fingerprint density at radius 1 is 1.03 bits per heavy atom. The molecule has 0 atom stereocenters. The smallest absolute Gasteiger partial charge is 0.316 e. The summed E-state index contributed by atoms with van der Waals surface area (Å²) in [7, 11) is -3.35. The number of hydrogen-bond donors (Lipinski definition) is 0. The maximum atomic E-state index is 13.9. The fourth-order valence-corrected chi connectivity index (χ4v) is 5.09. The molecule has 8 nitrogen and oxygen atoms in total. The summed E-state index contributed by atoms with van der Waals surface area (Å²) in [6.45, 7) is 5.07. The first-order valence-corrected chi connectivity index (χ1v) is 13.8. The third kappa shape index (κ3) is 6.11. The zero-order valence-corrected chi connectivity index (χ0v) is 22.2. The van der Waals surface area contributed by atoms with Gasteiger partial charge in [0, 0.05) is 42.7 Å². The van der Waals surface area contributed by atoms with Crippen LogP contribution in [-0.4, -0.2) is 61.5 Å². The lowest BCUT2D eigenvalue weighted by Crippen LogP contribution is -2.49. The Hall–Kier alpha value is -3.02. The Morgan fingerprint density at radius 3 is 2.19 bits per heavy atom. The second kappa shape index (κ2) is 10.4. The van der Waals surface area contributed by atoms with Crippen LogP contribution in [-0.2, 0) is 15.4 Å². The molecule has 0 N–H and O–H groups in total. The number of nitrogens with zero attached hydrogens (tertiary/aromatic N) is 4. The predicted molar refractivity (Wildman–Crippen MR) is 138 cm³/mol. The normalized spacial score (nSPS) is 15.1. The summed E-state index contributed by atoms with van der Waals surface area (Å²) < 4.78 is 60.0. The van der Waals surface area contributed by atoms with Gasteiger partial charge in [-0.1, -0.05) is 37.6 Å². The van der Waals surface area contributed by atoms with Crippen LogP contribution in [0, 0.1) is 11.6 Å². The molecule has 4 rings (SSSR count). The summed E-state index contributed by atoms with van der Waals surface area (Å²) in [5.41, 5.74) is 0.000189. The van der Waals surface area contributed by atoms with Crippen molar-refractivity contribution in [2.24, 2.45) is 0 Å². The third-order valence-corrected chi connectivity index (χ3v) is 7.81. The average Bonchev–Trinajstić information content (AvgIpc) is 2.82. The SMILES string of the molecule is CC(C)(COc1c(N2CCN(S(C)(=O)=O)CC2)cnn(-c2cc(F)cc(F)c2)c1=O)c1ccc(Cl)cc1. The van der Waals surface area contributed by atoms with Crippen LogP contribution < -0.4 is 15.2 Å². The molecule has 1 saturated heterocycles. The summed E-state index contributed by atoms with van der Waals surface area (Å²) in [5, 5.41) is 4.74. The van der Waals surface area contributed by atoms with Gasteiger partial charge in [0.1, 0.15) is 17.3 Å². The van der Waals surface area contributed by atoms with Crippen LogP contribution in [0.3, 0.4) is 0 Å². The lowest BCUT2D eigenvalue weighted by atomic mass is 9.86. The first kappa shape index (κ1) is 27.0. The van der Waals surface area contributed by atoms with E-state index in [2.05, 4.69) is 5.10 Å². The molecular weight excluding hydrogens is 526 g/mol. The van der Waals surface area contributed by atoms with Gasteiger partial charge in [0.25, 0.3) is 0 Å². The Bertz CT molecular complexity index is 1430. The van der Waals surface area contributed by atoms with Crippen molar-refractivity contribution in [3.63, 3.8) is 0 Å². The standard InChI is InChI=1S/C25H27ClF2N4O4S/c1-25(2,17-4-6-18(26)7-5-17)16-36-23-22(30-8-10-31(11-9-30)37(3,34)35)15-29-32(24(23)33)21-13-19(27)12-20(28)14-21/h4-7,12-15H,8-11,16H2,1-3H3. The van der Waals surface area contributed by atoms with Crippen molar-refractivity contribution in [3.05, 3.63) is 81.2 Å². The molecule has 1 aromatic heterocycles. The van der Waals surface area contributed by atoms with E-state index in [1.807, 2.05) is 30.9 Å². The number of sulfonamides is 1. The number of piperazine rings is 1. The fourth-order valence-electron chi connectivity index (χ4n) is 4.13. The highest BCUT2D eigenvalue weighted by Crippen LogP contribution is 2.30. The Labute approximate surface area is 219 Å². The molecule has 0 radical (unpaired) electrons. The lowest BCUT2D eigenvalue weighted by molar-refractivity contribution is 0.236. The summed E-state index contributed by atoms with van der Waals surface area (Å²) in [5.74, 6) is -1.75. The van der Waals surface area contributed by atoms with Crippen molar-refractivity contribution < 1.29 is 21.9 Å². The van der Waals surface area contributed by atoms with Crippen molar-refractivity contribution in [3.8, 4) is 11.4 Å². The molecule has 0 unspecified atom stereocenters. The second-order valence-corrected chi connectivity index (χ2v) is 12.0. The lowest BCUT2D eigenvalue weighted by Gasteiger charge is -2.35. The van der Waals surface area contributed by atoms with E-state index in [0.717, 1.165) is 28.6 Å². The number of hydrogen-bond acceptors (Lipinski definition) is 6. The number of benzene rings is 2. The minimum absolute atomic E-state index is 0.0467. The number of halogens is 3. The van der Waals surface area contributed by atoms with E-state index in [1.165, 1.54) is 10.5 Å². The minimum atomic E-state index is -3.35. The Balaban J connectivity index is 1.71. The van der Waals surface area contributed by atoms with E-state index in [9.17, 15) is 22.0 Å². The third-order valence-electron chi connectivity index (χ3n) is 6.26. The van der Waals surface area contributed by atoms with Crippen LogP contribution >= 0.6 is 11.6 Å². The van der Waals surface area contributed by atoms with Gasteiger partial charge in [-0.2, -0.15) is 14.1 Å². The molecule has 0 bridgehead atoms. The molecule has 2 aromatic carbocycles. The number of ether oxygens (including phenoxy) is 1. The summed E-state index contributed by atoms with van der Waals surface area (Å²) >= 11 is 6.02. The molecule has 198 valence electrons. The fraction of sp³-hybridized carbons (Fsp3) is 0.360. The van der Waals surface area contributed by atoms with Gasteiger partial charge in [0.15, 0.2) is 0 Å². The number of rotatable bonds is 7. The van der Waals surface area contributed by atoms with Gasteiger partial charge in [-0.3, -0.25) is 4.79 Å². The van der Waals surface area contributed by atoms with Crippen LogP contribution in [0.5, 0.6) is 5.75 Å². The predicted octanol–water partition coefficient (Wildman–Crippen LogP) is 3.60. The maximum absolute atomic E-state index is 13.9. The molecule has 1 aliphatic heterocycles. The quantitative estimate of drug-likeness (QED) is 0.445. The molecule has 0 spiro atoms. The molecule has 1 fully saturated rings. The highest BCUT2D eigenvalue weighted by Gasteiger charge is 2.29. The van der Waals surface area contributed by atoms with E-state index in [4.69, 9.17) is 16.3 Å². The highest BCUT2D eigenvalue weighted by molar-refractivity contribution is 7.88. The topological polar surface area (TPSA) is 84.7 Å². The van der Waals surface area contributed by atoms with Crippen molar-refractivity contribution >= 4 is 27.3 Å². The molecule has 2 heterocycles. The minimum Gasteiger partial charge on any atom is -0.485 e. The molecule has 0 aliphatic carbocycles. The zero-order chi connectivity index (χ0) is 27.0. The van der Waals surface area contributed by atoms with Gasteiger partial charge in [-0.05, 0) is 29.8 Å². The van der Waals surface area contributed by atoms with Gasteiger partial charge in [-0.15, -0.1) is 0 Å². The first-order valence-electron chi connectivity index (χ1n) is 11.5. The van der Waals surface area contributed by atoms with E-state index in [-0.39, 0.29) is 31.1 Å². The van der Waals surface area contributed by atoms with Crippen molar-refractivity contribution in [2.75, 3.05) is 43.9 Å². The van der Waals surface area contributed by atoms with Gasteiger partial charge < -0.3 is 9.64 Å². The van der Waals surface area contributed by atoms with E-state index in [1.54, 1.807) is 12.1 Å². The van der Waals surface area contributed by atoms with Crippen molar-refractivity contribution in [1.82, 2.24) is 14.1 Å². The summed E-state index contributed by atoms with van der Waals surface area (Å²) in [4.78, 5) is 15.4. The Morgan fingerprint density at radius 2 is 1.62 bits per heavy atom. The monoisotopic (exact) mass is 552 g/mol. The maximum Gasteiger partial charge on any atom is 0.316 e. The molecule has 37 heavy (non-hydrogen) atoms. The Kier molecular flexibility index (Phi) is 7.59. The first-order chi connectivity index (χ1) is 17.3. The van der Waals surface area contributed by atoms with Gasteiger partial charge in [0.2, 0.25) is 15.8 Å². The molecule has 3 aromatic rings. The van der Waals surface area contributed by atoms with Crippen LogP contribution in [0.1, 0.15) is 19.4 Å². The second-order valence-electron chi connectivity index (χ2n) is 9.53. The van der Waals surface area contributed by atoms with Crippen LogP contribution in [0.15, 0.2) is 53.5 Å². The largest absolute Gasteiger partial charge is 0.485 e. The number of aromatic nitrogens is 2. The van der Waals surface area contributed by atoms with Crippen LogP contribution in [0.2, 0.25) is 5.02 Å². The van der Waals surface area contributed by atoms with Gasteiger partial charge >= 0.3 is 5.56 Å². The summed E-state index contributed by atoms with van der Waals surface area (Å²) in [6, 6.07) is 9.99. The van der Waals surface area contributed by atoms with E-state index in [0.29, 0.717) is 29.9 Å². The van der Waals surface area contributed by atoms with Crippen LogP contribution in [0.4, 0.5) is 14.5 Å². The average molecular weight is 553 g/mol. The molecule has 0 saturated carbocycles. The van der Waals surface area contributed by atoms with E-state index < -0.39 is 32.6 Å². The van der Waals surface area contributed by atoms with Gasteiger partial charge in [-0.25, -0.2) is 17.2 Å². The van der Waals surface area contributed by atoms with E-state index >= 15 is 0 Å². The summed E-state index contributed by atoms with van der Waals surface area (Å²) in [6.07, 6.45) is 2.54. The van der Waals surface area contributed by atoms with Crippen molar-refractivity contribution in [1.29, 1.82) is 0 Å².